The second-order valence-corrected chi connectivity index (χ2v) is 8.08. The summed E-state index contributed by atoms with van der Waals surface area (Å²) in [7, 11) is -3.61. The Hall–Kier alpha value is -0.880. The fraction of sp³-hybridized carbons (Fsp3) is 0.200. The van der Waals surface area contributed by atoms with Gasteiger partial charge in [-0.3, -0.25) is 0 Å². The van der Waals surface area contributed by atoms with Gasteiger partial charge in [-0.2, -0.15) is 0 Å². The van der Waals surface area contributed by atoms with E-state index < -0.39 is 10.0 Å². The fourth-order valence-corrected chi connectivity index (χ4v) is 4.89. The van der Waals surface area contributed by atoms with Crippen LogP contribution in [0.4, 0.5) is 0 Å². The van der Waals surface area contributed by atoms with Gasteiger partial charge in [0.25, 0.3) is 0 Å². The molecule has 0 fully saturated rings. The zero-order chi connectivity index (χ0) is 15.0. The van der Waals surface area contributed by atoms with Crippen LogP contribution in [0.15, 0.2) is 51.8 Å². The number of benzene rings is 2. The number of halogens is 2. The van der Waals surface area contributed by atoms with Gasteiger partial charge in [0, 0.05) is 10.5 Å². The largest absolute Gasteiger partial charge is 0.242 e. The van der Waals surface area contributed by atoms with Gasteiger partial charge in [0.15, 0.2) is 0 Å². The molecule has 0 aromatic heterocycles. The summed E-state index contributed by atoms with van der Waals surface area (Å²) in [6.45, 7) is 0. The van der Waals surface area contributed by atoms with E-state index in [1.807, 2.05) is 24.3 Å². The van der Waals surface area contributed by atoms with Gasteiger partial charge in [0.05, 0.1) is 5.02 Å². The van der Waals surface area contributed by atoms with Crippen molar-refractivity contribution in [2.45, 2.75) is 23.8 Å². The predicted molar refractivity (Wildman–Crippen MR) is 87.1 cm³/mol. The number of hydrogen-bond acceptors (Lipinski definition) is 2. The van der Waals surface area contributed by atoms with E-state index in [4.69, 9.17) is 11.6 Å². The smallest absolute Gasteiger partial charge is 0.207 e. The Bertz CT molecular complexity index is 767. The number of sulfonamides is 1. The third kappa shape index (κ3) is 3.16. The molecule has 0 saturated carbocycles. The van der Waals surface area contributed by atoms with Gasteiger partial charge >= 0.3 is 0 Å². The van der Waals surface area contributed by atoms with Gasteiger partial charge in [0.1, 0.15) is 4.90 Å². The van der Waals surface area contributed by atoms with E-state index >= 15 is 0 Å². The van der Waals surface area contributed by atoms with Crippen LogP contribution < -0.4 is 4.72 Å². The van der Waals surface area contributed by atoms with Crippen molar-refractivity contribution in [2.24, 2.45) is 0 Å². The van der Waals surface area contributed by atoms with Crippen molar-refractivity contribution in [1.29, 1.82) is 0 Å². The fourth-order valence-electron chi connectivity index (χ4n) is 2.62. The number of fused-ring (bicyclic) bond motifs is 1. The van der Waals surface area contributed by atoms with Crippen molar-refractivity contribution in [1.82, 2.24) is 4.72 Å². The van der Waals surface area contributed by atoms with E-state index in [-0.39, 0.29) is 16.0 Å². The molecule has 3 nitrogen and oxygen atoms in total. The Morgan fingerprint density at radius 3 is 2.29 bits per heavy atom. The van der Waals surface area contributed by atoms with Gasteiger partial charge in [-0.05, 0) is 42.2 Å². The maximum Gasteiger partial charge on any atom is 0.242 e. The van der Waals surface area contributed by atoms with Crippen molar-refractivity contribution in [3.05, 3.63) is 63.1 Å². The highest BCUT2D eigenvalue weighted by atomic mass is 79.9. The zero-order valence-corrected chi connectivity index (χ0v) is 14.2. The lowest BCUT2D eigenvalue weighted by Gasteiger charge is -2.13. The lowest BCUT2D eigenvalue weighted by molar-refractivity contribution is 0.555. The second-order valence-electron chi connectivity index (χ2n) is 5.07. The molecule has 1 aliphatic carbocycles. The molecule has 0 unspecified atom stereocenters. The minimum Gasteiger partial charge on any atom is -0.207 e. The van der Waals surface area contributed by atoms with Gasteiger partial charge < -0.3 is 0 Å². The Balaban J connectivity index is 1.82. The highest BCUT2D eigenvalue weighted by molar-refractivity contribution is 9.10. The summed E-state index contributed by atoms with van der Waals surface area (Å²) in [5.74, 6) is 0. The first-order valence-electron chi connectivity index (χ1n) is 6.50. The molecule has 21 heavy (non-hydrogen) atoms. The monoisotopic (exact) mass is 385 g/mol. The third-order valence-electron chi connectivity index (χ3n) is 3.56. The molecule has 1 N–H and O–H groups in total. The molecule has 1 aliphatic rings. The maximum absolute atomic E-state index is 12.5. The predicted octanol–water partition coefficient (Wildman–Crippen LogP) is 3.55. The molecule has 0 amide bonds. The molecule has 6 heteroatoms. The molecule has 0 saturated heterocycles. The van der Waals surface area contributed by atoms with Gasteiger partial charge in [-0.15, -0.1) is 0 Å². The first-order valence-corrected chi connectivity index (χ1v) is 9.15. The van der Waals surface area contributed by atoms with Crippen LogP contribution in [0.2, 0.25) is 5.02 Å². The lowest BCUT2D eigenvalue weighted by atomic mass is 10.1. The second kappa shape index (κ2) is 5.72. The van der Waals surface area contributed by atoms with E-state index in [0.717, 1.165) is 4.47 Å². The molecular weight excluding hydrogens is 374 g/mol. The minimum absolute atomic E-state index is 0.114. The molecule has 110 valence electrons. The van der Waals surface area contributed by atoms with Crippen molar-refractivity contribution >= 4 is 37.6 Å². The van der Waals surface area contributed by atoms with Crippen molar-refractivity contribution in [2.75, 3.05) is 0 Å². The van der Waals surface area contributed by atoms with Crippen LogP contribution in [0.3, 0.4) is 0 Å². The van der Waals surface area contributed by atoms with Crippen LogP contribution in [0.5, 0.6) is 0 Å². The maximum atomic E-state index is 12.5. The topological polar surface area (TPSA) is 46.2 Å². The summed E-state index contributed by atoms with van der Waals surface area (Å²) in [6, 6.07) is 12.7. The molecule has 0 bridgehead atoms. The standard InChI is InChI=1S/C15H13BrClNO2S/c16-12-5-6-15(14(17)9-12)21(19,20)18-13-7-10-3-1-2-4-11(10)8-13/h1-6,9,13,18H,7-8H2. The van der Waals surface area contributed by atoms with Crippen LogP contribution in [0.25, 0.3) is 0 Å². The quantitative estimate of drug-likeness (QED) is 0.877. The summed E-state index contributed by atoms with van der Waals surface area (Å²) in [4.78, 5) is 0.114. The molecule has 3 rings (SSSR count). The first kappa shape index (κ1) is 15.0. The van der Waals surface area contributed by atoms with E-state index in [9.17, 15) is 8.42 Å². The summed E-state index contributed by atoms with van der Waals surface area (Å²) in [6.07, 6.45) is 1.42. The van der Waals surface area contributed by atoms with Crippen LogP contribution in [0.1, 0.15) is 11.1 Å². The molecule has 2 aromatic rings. The Kier molecular flexibility index (Phi) is 4.10. The van der Waals surface area contributed by atoms with Gasteiger partial charge in [0.2, 0.25) is 10.0 Å². The normalized spacial score (nSPS) is 15.1. The van der Waals surface area contributed by atoms with Crippen LogP contribution in [0, 0.1) is 0 Å². The highest BCUT2D eigenvalue weighted by Crippen LogP contribution is 2.27. The van der Waals surface area contributed by atoms with Crippen molar-refractivity contribution < 1.29 is 8.42 Å². The van der Waals surface area contributed by atoms with Crippen molar-refractivity contribution in [3.8, 4) is 0 Å². The SMILES string of the molecule is O=S(=O)(NC1Cc2ccccc2C1)c1ccc(Br)cc1Cl. The molecule has 0 atom stereocenters. The summed E-state index contributed by atoms with van der Waals surface area (Å²) in [5, 5.41) is 0.215. The van der Waals surface area contributed by atoms with E-state index in [1.54, 1.807) is 12.1 Å². The van der Waals surface area contributed by atoms with Crippen LogP contribution >= 0.6 is 27.5 Å². The summed E-state index contributed by atoms with van der Waals surface area (Å²) < 4.78 is 28.4. The van der Waals surface area contributed by atoms with Crippen LogP contribution in [-0.2, 0) is 22.9 Å². The molecular formula is C15H13BrClNO2S. The third-order valence-corrected chi connectivity index (χ3v) is 6.05. The Morgan fingerprint density at radius 1 is 1.10 bits per heavy atom. The Labute approximate surface area is 137 Å². The van der Waals surface area contributed by atoms with Gasteiger partial charge in [-0.1, -0.05) is 51.8 Å². The number of hydrogen-bond donors (Lipinski definition) is 1. The average Bonchev–Trinajstić information content (AvgIpc) is 2.79. The molecule has 0 radical (unpaired) electrons. The minimum atomic E-state index is -3.61. The lowest BCUT2D eigenvalue weighted by Crippen LogP contribution is -2.35. The molecule has 0 aliphatic heterocycles. The molecule has 2 aromatic carbocycles. The first-order chi connectivity index (χ1) is 9.95. The van der Waals surface area contributed by atoms with E-state index in [2.05, 4.69) is 20.7 Å². The highest BCUT2D eigenvalue weighted by Gasteiger charge is 2.27. The Morgan fingerprint density at radius 2 is 1.71 bits per heavy atom. The molecule has 0 spiro atoms. The molecule has 0 heterocycles. The number of nitrogens with one attached hydrogen (secondary N) is 1. The van der Waals surface area contributed by atoms with Crippen LogP contribution in [-0.4, -0.2) is 14.5 Å². The van der Waals surface area contributed by atoms with Crippen molar-refractivity contribution in [3.63, 3.8) is 0 Å². The summed E-state index contributed by atoms with van der Waals surface area (Å²) >= 11 is 9.31. The average molecular weight is 387 g/mol. The summed E-state index contributed by atoms with van der Waals surface area (Å²) in [5.41, 5.74) is 2.40. The van der Waals surface area contributed by atoms with E-state index in [1.165, 1.54) is 17.2 Å². The number of rotatable bonds is 3. The van der Waals surface area contributed by atoms with Gasteiger partial charge in [-0.25, -0.2) is 13.1 Å². The van der Waals surface area contributed by atoms with E-state index in [0.29, 0.717) is 12.8 Å². The zero-order valence-electron chi connectivity index (χ0n) is 11.0.